The monoisotopic (exact) mass is 441 g/mol. The topological polar surface area (TPSA) is 103 Å². The van der Waals surface area contributed by atoms with E-state index in [0.717, 1.165) is 0 Å². The van der Waals surface area contributed by atoms with E-state index in [4.69, 9.17) is 4.74 Å². The van der Waals surface area contributed by atoms with Crippen molar-refractivity contribution in [1.29, 1.82) is 5.26 Å². The molecule has 0 unspecified atom stereocenters. The van der Waals surface area contributed by atoms with Crippen molar-refractivity contribution in [3.05, 3.63) is 74.2 Å². The van der Waals surface area contributed by atoms with Gasteiger partial charge in [0.2, 0.25) is 5.95 Å². The summed E-state index contributed by atoms with van der Waals surface area (Å²) in [6.07, 6.45) is 1.33. The normalized spacial score (nSPS) is 10.6. The summed E-state index contributed by atoms with van der Waals surface area (Å²) in [6.45, 7) is 0. The highest BCUT2D eigenvalue weighted by Crippen LogP contribution is 2.25. The molecule has 0 atom stereocenters. The van der Waals surface area contributed by atoms with E-state index in [1.54, 1.807) is 24.3 Å². The number of nitriles is 1. The Labute approximate surface area is 167 Å². The molecule has 0 bridgehead atoms. The van der Waals surface area contributed by atoms with Crippen LogP contribution in [0.2, 0.25) is 0 Å². The third-order valence-electron chi connectivity index (χ3n) is 3.73. The molecule has 0 radical (unpaired) electrons. The second-order valence-electron chi connectivity index (χ2n) is 5.49. The molecule has 0 amide bonds. The predicted octanol–water partition coefficient (Wildman–Crippen LogP) is 3.66. The molecule has 7 nitrogen and oxygen atoms in total. The maximum absolute atomic E-state index is 13.7. The van der Waals surface area contributed by atoms with Crippen molar-refractivity contribution in [3.8, 4) is 23.1 Å². The molecule has 28 heavy (non-hydrogen) atoms. The summed E-state index contributed by atoms with van der Waals surface area (Å²) in [5.41, 5.74) is 3.13. The summed E-state index contributed by atoms with van der Waals surface area (Å²) in [5, 5.41) is 13.2. The number of methoxy groups -OCH3 is 1. The molecule has 0 aliphatic carbocycles. The van der Waals surface area contributed by atoms with Gasteiger partial charge in [0, 0.05) is 11.1 Å². The van der Waals surface area contributed by atoms with Gasteiger partial charge in [-0.1, -0.05) is 30.3 Å². The fourth-order valence-electron chi connectivity index (χ4n) is 2.42. The molecule has 9 heteroatoms. The van der Waals surface area contributed by atoms with Gasteiger partial charge in [-0.15, -0.1) is 0 Å². The van der Waals surface area contributed by atoms with E-state index in [2.05, 4.69) is 36.4 Å². The predicted molar refractivity (Wildman–Crippen MR) is 107 cm³/mol. The van der Waals surface area contributed by atoms with Gasteiger partial charge in [0.05, 0.1) is 23.5 Å². The number of nitrogens with one attached hydrogen (secondary N) is 2. The molecule has 1 heterocycles. The number of nitrogens with zero attached hydrogens (tertiary/aromatic N) is 3. The Morgan fingerprint density at radius 1 is 1.36 bits per heavy atom. The first-order valence-electron chi connectivity index (χ1n) is 7.95. The minimum atomic E-state index is -0.596. The zero-order valence-electron chi connectivity index (χ0n) is 14.5. The van der Waals surface area contributed by atoms with Gasteiger partial charge in [0.1, 0.15) is 23.2 Å². The molecule has 1 aromatic heterocycles. The fourth-order valence-corrected chi connectivity index (χ4v) is 2.74. The summed E-state index contributed by atoms with van der Waals surface area (Å²) in [5.74, 6) is -0.0285. The standard InChI is InChI=1S/C19H13BrFN5O2/c1-28-16-8-14(20)15(21)7-12(16)10-23-26-19-24-17(11-5-3-2-4-6-11)13(9-22)18(27)25-19/h2-8,10H,1H3,(H2,24,25,26,27). The van der Waals surface area contributed by atoms with Crippen molar-refractivity contribution in [2.45, 2.75) is 0 Å². The first-order chi connectivity index (χ1) is 13.5. The van der Waals surface area contributed by atoms with Crippen LogP contribution < -0.4 is 15.7 Å². The summed E-state index contributed by atoms with van der Waals surface area (Å²) >= 11 is 3.09. The third kappa shape index (κ3) is 4.07. The fraction of sp³-hybridized carbons (Fsp3) is 0.0526. The maximum Gasteiger partial charge on any atom is 0.270 e. The maximum atomic E-state index is 13.7. The first-order valence-corrected chi connectivity index (χ1v) is 8.74. The number of aromatic amines is 1. The van der Waals surface area contributed by atoms with Crippen LogP contribution in [0.5, 0.6) is 5.75 Å². The molecule has 3 rings (SSSR count). The Morgan fingerprint density at radius 3 is 2.79 bits per heavy atom. The van der Waals surface area contributed by atoms with Crippen LogP contribution >= 0.6 is 15.9 Å². The average molecular weight is 442 g/mol. The van der Waals surface area contributed by atoms with Crippen molar-refractivity contribution in [2.75, 3.05) is 12.5 Å². The largest absolute Gasteiger partial charge is 0.496 e. The number of aromatic nitrogens is 2. The average Bonchev–Trinajstić information content (AvgIpc) is 2.70. The SMILES string of the molecule is COc1cc(Br)c(F)cc1C=NNc1nc(-c2ccccc2)c(C#N)c(=O)[nH]1. The summed E-state index contributed by atoms with van der Waals surface area (Å²) in [6, 6.07) is 13.4. The van der Waals surface area contributed by atoms with Crippen LogP contribution in [0.15, 0.2) is 56.8 Å². The summed E-state index contributed by atoms with van der Waals surface area (Å²) in [7, 11) is 1.45. The number of hydrogen-bond acceptors (Lipinski definition) is 6. The van der Waals surface area contributed by atoms with Crippen molar-refractivity contribution >= 4 is 28.1 Å². The van der Waals surface area contributed by atoms with E-state index in [1.165, 1.54) is 25.5 Å². The number of benzene rings is 2. The molecule has 3 aromatic rings. The molecule has 2 N–H and O–H groups in total. The highest BCUT2D eigenvalue weighted by molar-refractivity contribution is 9.10. The molecule has 0 saturated carbocycles. The number of H-pyrrole nitrogens is 1. The molecule has 0 aliphatic rings. The second-order valence-corrected chi connectivity index (χ2v) is 6.35. The van der Waals surface area contributed by atoms with E-state index in [-0.39, 0.29) is 21.7 Å². The van der Waals surface area contributed by atoms with Gasteiger partial charge in [-0.2, -0.15) is 10.4 Å². The summed E-state index contributed by atoms with van der Waals surface area (Å²) < 4.78 is 19.2. The van der Waals surface area contributed by atoms with Crippen LogP contribution in [0.25, 0.3) is 11.3 Å². The smallest absolute Gasteiger partial charge is 0.270 e. The molecule has 0 fully saturated rings. The van der Waals surface area contributed by atoms with E-state index < -0.39 is 11.4 Å². The van der Waals surface area contributed by atoms with Crippen LogP contribution in [0, 0.1) is 17.1 Å². The van der Waals surface area contributed by atoms with Crippen LogP contribution in [-0.4, -0.2) is 23.3 Å². The van der Waals surface area contributed by atoms with Crippen molar-refractivity contribution in [3.63, 3.8) is 0 Å². The molecule has 0 spiro atoms. The zero-order chi connectivity index (χ0) is 20.1. The van der Waals surface area contributed by atoms with Crippen molar-refractivity contribution in [1.82, 2.24) is 9.97 Å². The van der Waals surface area contributed by atoms with E-state index in [9.17, 15) is 14.4 Å². The van der Waals surface area contributed by atoms with Gasteiger partial charge in [0.25, 0.3) is 5.56 Å². The number of halogens is 2. The van der Waals surface area contributed by atoms with Crippen LogP contribution in [0.1, 0.15) is 11.1 Å². The quantitative estimate of drug-likeness (QED) is 0.464. The Hall–Kier alpha value is -3.51. The zero-order valence-corrected chi connectivity index (χ0v) is 16.1. The minimum absolute atomic E-state index is 0.0376. The molecule has 140 valence electrons. The van der Waals surface area contributed by atoms with Crippen LogP contribution in [0.3, 0.4) is 0 Å². The highest BCUT2D eigenvalue weighted by Gasteiger charge is 2.13. The Bertz CT molecular complexity index is 1140. The van der Waals surface area contributed by atoms with Gasteiger partial charge < -0.3 is 4.74 Å². The van der Waals surface area contributed by atoms with Crippen LogP contribution in [0.4, 0.5) is 10.3 Å². The lowest BCUT2D eigenvalue weighted by Gasteiger charge is -2.07. The van der Waals surface area contributed by atoms with Crippen molar-refractivity contribution < 1.29 is 9.13 Å². The third-order valence-corrected chi connectivity index (χ3v) is 4.33. The van der Waals surface area contributed by atoms with Gasteiger partial charge in [-0.05, 0) is 28.1 Å². The van der Waals surface area contributed by atoms with Crippen molar-refractivity contribution in [2.24, 2.45) is 5.10 Å². The molecule has 2 aromatic carbocycles. The molecule has 0 saturated heterocycles. The number of anilines is 1. The Balaban J connectivity index is 1.93. The lowest BCUT2D eigenvalue weighted by Crippen LogP contribution is -2.16. The van der Waals surface area contributed by atoms with Gasteiger partial charge in [0.15, 0.2) is 0 Å². The number of hydrazone groups is 1. The van der Waals surface area contributed by atoms with E-state index in [0.29, 0.717) is 16.9 Å². The molecule has 0 aliphatic heterocycles. The first kappa shape index (κ1) is 19.3. The van der Waals surface area contributed by atoms with Gasteiger partial charge in [-0.25, -0.2) is 14.8 Å². The van der Waals surface area contributed by atoms with Gasteiger partial charge >= 0.3 is 0 Å². The number of ether oxygens (including phenoxy) is 1. The number of rotatable bonds is 5. The van der Waals surface area contributed by atoms with Gasteiger partial charge in [-0.3, -0.25) is 9.78 Å². The lowest BCUT2D eigenvalue weighted by molar-refractivity contribution is 0.412. The Morgan fingerprint density at radius 2 is 2.11 bits per heavy atom. The Kier molecular flexibility index (Phi) is 5.81. The molecular formula is C19H13BrFN5O2. The highest BCUT2D eigenvalue weighted by atomic mass is 79.9. The van der Waals surface area contributed by atoms with Crippen LogP contribution in [-0.2, 0) is 0 Å². The minimum Gasteiger partial charge on any atom is -0.496 e. The number of hydrogen-bond donors (Lipinski definition) is 2. The van der Waals surface area contributed by atoms with E-state index in [1.807, 2.05) is 12.1 Å². The molecular weight excluding hydrogens is 429 g/mol. The lowest BCUT2D eigenvalue weighted by atomic mass is 10.1. The van der Waals surface area contributed by atoms with E-state index >= 15 is 0 Å². The second kappa shape index (κ2) is 8.45. The summed E-state index contributed by atoms with van der Waals surface area (Å²) in [4.78, 5) is 18.9.